The van der Waals surface area contributed by atoms with Gasteiger partial charge in [-0.15, -0.1) is 0 Å². The van der Waals surface area contributed by atoms with Crippen molar-refractivity contribution in [3.63, 3.8) is 0 Å². The summed E-state index contributed by atoms with van der Waals surface area (Å²) >= 11 is 0. The van der Waals surface area contributed by atoms with E-state index in [1.807, 2.05) is 19.9 Å². The summed E-state index contributed by atoms with van der Waals surface area (Å²) in [6, 6.07) is 0. The van der Waals surface area contributed by atoms with Gasteiger partial charge >= 0.3 is 23.9 Å². The van der Waals surface area contributed by atoms with Gasteiger partial charge in [-0.25, -0.2) is 4.79 Å². The number of carbonyl (C=O) groups is 4. The highest BCUT2D eigenvalue weighted by molar-refractivity contribution is 5.92. The Kier molecular flexibility index (Phi) is 6.59. The third-order valence-corrected chi connectivity index (χ3v) is 8.00. The molecule has 2 heterocycles. The van der Waals surface area contributed by atoms with Crippen molar-refractivity contribution >= 4 is 23.9 Å². The maximum atomic E-state index is 12.7. The van der Waals surface area contributed by atoms with Crippen molar-refractivity contribution in [2.24, 2.45) is 11.3 Å². The molecule has 2 aliphatic carbocycles. The van der Waals surface area contributed by atoms with Crippen LogP contribution in [0.25, 0.3) is 0 Å². The number of hydrogen-bond acceptors (Lipinski definition) is 9. The largest absolute Gasteiger partial charge is 0.462 e. The fourth-order valence-electron chi connectivity index (χ4n) is 6.41. The zero-order valence-electron chi connectivity index (χ0n) is 21.2. The molecule has 0 aromatic heterocycles. The summed E-state index contributed by atoms with van der Waals surface area (Å²) in [5, 5.41) is 0. The molecule has 35 heavy (non-hydrogen) atoms. The number of esters is 4. The van der Waals surface area contributed by atoms with Gasteiger partial charge < -0.3 is 23.7 Å². The molecule has 0 aromatic carbocycles. The van der Waals surface area contributed by atoms with Gasteiger partial charge in [0.05, 0.1) is 17.6 Å². The fourth-order valence-corrected chi connectivity index (χ4v) is 6.41. The number of rotatable bonds is 3. The highest BCUT2D eigenvalue weighted by Gasteiger charge is 2.70. The number of fused-ring (bicyclic) bond motifs is 3. The van der Waals surface area contributed by atoms with E-state index in [0.717, 1.165) is 5.57 Å². The van der Waals surface area contributed by atoms with E-state index in [0.29, 0.717) is 43.4 Å². The van der Waals surface area contributed by atoms with Crippen molar-refractivity contribution in [3.8, 4) is 0 Å². The van der Waals surface area contributed by atoms with Crippen molar-refractivity contribution in [2.75, 3.05) is 6.61 Å². The van der Waals surface area contributed by atoms with Crippen molar-refractivity contribution in [1.82, 2.24) is 0 Å². The molecule has 7 atom stereocenters. The quantitative estimate of drug-likeness (QED) is 0.255. The average molecular weight is 491 g/mol. The minimum Gasteiger partial charge on any atom is -0.462 e. The molecule has 0 amide bonds. The molecule has 0 aromatic rings. The fraction of sp³-hybridized carbons (Fsp3) is 0.692. The molecule has 4 rings (SSSR count). The summed E-state index contributed by atoms with van der Waals surface area (Å²) in [7, 11) is 0. The summed E-state index contributed by atoms with van der Waals surface area (Å²) in [6.45, 7) is 9.93. The van der Waals surface area contributed by atoms with E-state index in [1.54, 1.807) is 6.92 Å². The van der Waals surface area contributed by atoms with E-state index < -0.39 is 65.2 Å². The predicted molar refractivity (Wildman–Crippen MR) is 122 cm³/mol. The van der Waals surface area contributed by atoms with Gasteiger partial charge in [0.2, 0.25) is 0 Å². The van der Waals surface area contributed by atoms with Crippen LogP contribution in [0.15, 0.2) is 22.8 Å². The average Bonchev–Trinajstić information content (AvgIpc) is 3.45. The molecule has 0 radical (unpaired) electrons. The van der Waals surface area contributed by atoms with Gasteiger partial charge in [0.25, 0.3) is 0 Å². The zero-order valence-corrected chi connectivity index (χ0v) is 21.2. The van der Waals surface area contributed by atoms with E-state index in [1.165, 1.54) is 20.8 Å². The van der Waals surface area contributed by atoms with E-state index in [9.17, 15) is 19.2 Å². The lowest BCUT2D eigenvalue weighted by Crippen LogP contribution is -2.63. The van der Waals surface area contributed by atoms with Gasteiger partial charge in [0.15, 0.2) is 0 Å². The highest BCUT2D eigenvalue weighted by atomic mass is 16.6. The molecule has 0 unspecified atom stereocenters. The Morgan fingerprint density at radius 2 is 1.54 bits per heavy atom. The first-order valence-electron chi connectivity index (χ1n) is 12.1. The van der Waals surface area contributed by atoms with Gasteiger partial charge in [-0.05, 0) is 45.6 Å². The van der Waals surface area contributed by atoms with E-state index in [-0.39, 0.29) is 0 Å². The Balaban J connectivity index is 1.98. The molecular formula is C26H34O9. The summed E-state index contributed by atoms with van der Waals surface area (Å²) in [5.41, 5.74) is 0.219. The lowest BCUT2D eigenvalue weighted by molar-refractivity contribution is -0.209. The molecular weight excluding hydrogens is 456 g/mol. The summed E-state index contributed by atoms with van der Waals surface area (Å²) in [5.74, 6) is -2.46. The van der Waals surface area contributed by atoms with E-state index in [2.05, 4.69) is 0 Å². The second kappa shape index (κ2) is 9.08. The van der Waals surface area contributed by atoms with Crippen molar-refractivity contribution in [1.29, 1.82) is 0 Å². The molecule has 0 bridgehead atoms. The van der Waals surface area contributed by atoms with Crippen molar-refractivity contribution in [3.05, 3.63) is 22.8 Å². The molecule has 1 saturated carbocycles. The monoisotopic (exact) mass is 490 g/mol. The standard InChI is InChI=1S/C26H34O9/c1-13-7-8-19(32-15(3)27)25(6)20(33-16(4)28)9-10-26(12-31-26)23(25)22(34-17(5)29)21-14(2)24(30)35-18(21)11-13/h11,18-20,22-23H,7-10,12H2,1-6H3/b13-11-/t18-,19-,20-,22+,23+,25-,26-/m1/s1. The van der Waals surface area contributed by atoms with E-state index >= 15 is 0 Å². The van der Waals surface area contributed by atoms with Crippen LogP contribution in [0.2, 0.25) is 0 Å². The van der Waals surface area contributed by atoms with Crippen LogP contribution in [-0.2, 0) is 42.9 Å². The summed E-state index contributed by atoms with van der Waals surface area (Å²) in [4.78, 5) is 49.6. The summed E-state index contributed by atoms with van der Waals surface area (Å²) in [6.07, 6.45) is 1.07. The van der Waals surface area contributed by atoms with Gasteiger partial charge in [0, 0.05) is 37.8 Å². The van der Waals surface area contributed by atoms with Gasteiger partial charge in [-0.2, -0.15) is 0 Å². The summed E-state index contributed by atoms with van der Waals surface area (Å²) < 4.78 is 29.5. The second-order valence-electron chi connectivity index (χ2n) is 10.4. The first-order chi connectivity index (χ1) is 16.4. The number of epoxide rings is 1. The number of carbonyl (C=O) groups excluding carboxylic acids is 4. The van der Waals surface area contributed by atoms with Crippen LogP contribution in [0.3, 0.4) is 0 Å². The van der Waals surface area contributed by atoms with Crippen LogP contribution in [0.4, 0.5) is 0 Å². The van der Waals surface area contributed by atoms with Crippen LogP contribution in [0, 0.1) is 11.3 Å². The third-order valence-electron chi connectivity index (χ3n) is 8.00. The minimum absolute atomic E-state index is 0.377. The molecule has 9 nitrogen and oxygen atoms in total. The minimum atomic E-state index is -0.979. The topological polar surface area (TPSA) is 118 Å². The maximum absolute atomic E-state index is 12.7. The molecule has 9 heteroatoms. The Labute approximate surface area is 205 Å². The normalized spacial score (nSPS) is 40.0. The molecule has 1 spiro atoms. The Morgan fingerprint density at radius 1 is 0.971 bits per heavy atom. The van der Waals surface area contributed by atoms with Crippen molar-refractivity contribution in [2.45, 2.75) is 97.2 Å². The van der Waals surface area contributed by atoms with Crippen molar-refractivity contribution < 1.29 is 42.9 Å². The molecule has 1 saturated heterocycles. The molecule has 2 fully saturated rings. The first-order valence-corrected chi connectivity index (χ1v) is 12.1. The number of ether oxygens (including phenoxy) is 5. The van der Waals surface area contributed by atoms with Crippen LogP contribution in [0.5, 0.6) is 0 Å². The third kappa shape index (κ3) is 4.50. The first kappa shape index (κ1) is 25.4. The SMILES string of the molecule is CC(=O)O[C@H]1C2=C(C)C(=O)O[C@@H]2/C=C(/C)CC[C@@H](OC(C)=O)[C@@]2(C)[C@H]1[C@@]1(CC[C@H]2OC(C)=O)CO1. The van der Waals surface area contributed by atoms with Gasteiger partial charge in [0.1, 0.15) is 24.4 Å². The van der Waals surface area contributed by atoms with Crippen LogP contribution >= 0.6 is 0 Å². The zero-order chi connectivity index (χ0) is 25.7. The number of allylic oxidation sites excluding steroid dienone is 1. The second-order valence-corrected chi connectivity index (χ2v) is 10.4. The Bertz CT molecular complexity index is 1000. The molecule has 4 aliphatic rings. The maximum Gasteiger partial charge on any atom is 0.334 e. The smallest absolute Gasteiger partial charge is 0.334 e. The van der Waals surface area contributed by atoms with Crippen LogP contribution < -0.4 is 0 Å². The molecule has 0 N–H and O–H groups in total. The Morgan fingerprint density at radius 3 is 2.09 bits per heavy atom. The van der Waals surface area contributed by atoms with Crippen LogP contribution in [0.1, 0.15) is 67.2 Å². The highest BCUT2D eigenvalue weighted by Crippen LogP contribution is 2.61. The number of hydrogen-bond donors (Lipinski definition) is 0. The molecule has 192 valence electrons. The van der Waals surface area contributed by atoms with E-state index in [4.69, 9.17) is 23.7 Å². The Hall–Kier alpha value is -2.68. The lowest BCUT2D eigenvalue weighted by Gasteiger charge is -2.54. The predicted octanol–water partition coefficient (Wildman–Crippen LogP) is 2.95. The lowest BCUT2D eigenvalue weighted by atomic mass is 9.54. The van der Waals surface area contributed by atoms with Crippen LogP contribution in [-0.4, -0.2) is 60.5 Å². The van der Waals surface area contributed by atoms with Gasteiger partial charge in [-0.1, -0.05) is 12.5 Å². The van der Waals surface area contributed by atoms with Gasteiger partial charge in [-0.3, -0.25) is 14.4 Å². The molecule has 2 aliphatic heterocycles.